The first-order valence-electron chi connectivity index (χ1n) is 12.2. The van der Waals surface area contributed by atoms with Gasteiger partial charge in [0, 0.05) is 22.2 Å². The first kappa shape index (κ1) is 23.6. The molecule has 0 aliphatic carbocycles. The Morgan fingerprint density at radius 2 is 0.816 bits per heavy atom. The second kappa shape index (κ2) is 9.67. The summed E-state index contributed by atoms with van der Waals surface area (Å²) in [7, 11) is 0. The van der Waals surface area contributed by atoms with Gasteiger partial charge in [-0.05, 0) is 105 Å². The maximum atomic E-state index is 5.09. The highest BCUT2D eigenvalue weighted by atomic mass is 127. The van der Waals surface area contributed by atoms with E-state index in [1.807, 2.05) is 12.1 Å². The normalized spacial score (nSPS) is 12.3. The molecule has 5 aromatic rings. The fraction of sp³-hybridized carbons (Fsp3) is 0. The van der Waals surface area contributed by atoms with E-state index >= 15 is 0 Å². The van der Waals surface area contributed by atoms with Crippen LogP contribution in [0.5, 0.6) is 0 Å². The minimum Gasteiger partial charge on any atom is -0.354 e. The van der Waals surface area contributed by atoms with Gasteiger partial charge in [0.25, 0.3) is 0 Å². The second-order valence-electron chi connectivity index (χ2n) is 9.11. The molecule has 2 aliphatic heterocycles. The number of aromatic amines is 2. The number of hydrogen-bond donors (Lipinski definition) is 2. The zero-order chi connectivity index (χ0) is 25.6. The number of hydrogen-bond acceptors (Lipinski definition) is 2. The van der Waals surface area contributed by atoms with Gasteiger partial charge in [0.2, 0.25) is 0 Å². The molecule has 0 spiro atoms. The van der Waals surface area contributed by atoms with Crippen molar-refractivity contribution in [3.63, 3.8) is 0 Å². The number of H-pyrrole nitrogens is 2. The number of halogens is 2. The van der Waals surface area contributed by atoms with Crippen LogP contribution in [0.2, 0.25) is 0 Å². The van der Waals surface area contributed by atoms with Crippen molar-refractivity contribution in [3.05, 3.63) is 115 Å². The predicted octanol–water partition coefficient (Wildman–Crippen LogP) is 9.20. The van der Waals surface area contributed by atoms with Gasteiger partial charge in [-0.3, -0.25) is 0 Å². The van der Waals surface area contributed by atoms with Crippen molar-refractivity contribution in [2.24, 2.45) is 0 Å². The summed E-state index contributed by atoms with van der Waals surface area (Å²) >= 11 is 4.79. The summed E-state index contributed by atoms with van der Waals surface area (Å²) < 4.78 is 2.14. The lowest BCUT2D eigenvalue weighted by Crippen LogP contribution is -1.89. The molecule has 8 bridgehead atoms. The summed E-state index contributed by atoms with van der Waals surface area (Å²) in [5.74, 6) is 0. The fourth-order valence-electron chi connectivity index (χ4n) is 4.95. The van der Waals surface area contributed by atoms with Crippen LogP contribution < -0.4 is 0 Å². The SMILES string of the molecule is Ic1c2nc(c(-c3ccccc3)c3ccc([nH]3)c(I)c3ccc([nH]3)c(-c3ccccc3)c3nc1C=C3)C=C2. The van der Waals surface area contributed by atoms with Crippen molar-refractivity contribution in [3.8, 4) is 22.3 Å². The molecule has 2 N–H and O–H groups in total. The quantitative estimate of drug-likeness (QED) is 0.176. The maximum absolute atomic E-state index is 5.09. The summed E-state index contributed by atoms with van der Waals surface area (Å²) in [5, 5.41) is 0. The van der Waals surface area contributed by atoms with Crippen LogP contribution in [0.4, 0.5) is 0 Å². The van der Waals surface area contributed by atoms with Crippen LogP contribution in [0.1, 0.15) is 22.8 Å². The monoisotopic (exact) mass is 714 g/mol. The van der Waals surface area contributed by atoms with E-state index in [4.69, 9.17) is 9.97 Å². The Balaban J connectivity index is 1.64. The molecule has 7 rings (SSSR count). The Hall–Kier alpha value is -3.50. The van der Waals surface area contributed by atoms with Gasteiger partial charge in [-0.1, -0.05) is 60.7 Å². The minimum atomic E-state index is 0.919. The molecule has 2 aromatic carbocycles. The van der Waals surface area contributed by atoms with Crippen LogP contribution in [-0.4, -0.2) is 19.9 Å². The molecule has 0 atom stereocenters. The van der Waals surface area contributed by atoms with Crippen molar-refractivity contribution < 1.29 is 0 Å². The fourth-order valence-corrected chi connectivity index (χ4v) is 6.18. The Morgan fingerprint density at radius 1 is 0.421 bits per heavy atom. The van der Waals surface area contributed by atoms with Crippen molar-refractivity contribution in [1.82, 2.24) is 19.9 Å². The topological polar surface area (TPSA) is 57.4 Å². The number of fused-ring (bicyclic) bond motifs is 8. The van der Waals surface area contributed by atoms with Crippen molar-refractivity contribution in [1.29, 1.82) is 0 Å². The predicted molar refractivity (Wildman–Crippen MR) is 175 cm³/mol. The molecular formula is C32H20I2N4. The second-order valence-corrected chi connectivity index (χ2v) is 11.3. The highest BCUT2D eigenvalue weighted by Crippen LogP contribution is 2.34. The largest absolute Gasteiger partial charge is 0.354 e. The van der Waals surface area contributed by atoms with Gasteiger partial charge in [0.15, 0.2) is 0 Å². The zero-order valence-corrected chi connectivity index (χ0v) is 24.4. The lowest BCUT2D eigenvalue weighted by molar-refractivity contribution is 1.25. The third-order valence-electron chi connectivity index (χ3n) is 6.75. The first-order valence-corrected chi connectivity index (χ1v) is 14.4. The van der Waals surface area contributed by atoms with Gasteiger partial charge >= 0.3 is 0 Å². The van der Waals surface area contributed by atoms with E-state index in [0.29, 0.717) is 0 Å². The van der Waals surface area contributed by atoms with E-state index in [-0.39, 0.29) is 0 Å². The molecule has 0 saturated heterocycles. The molecule has 3 aromatic heterocycles. The average molecular weight is 714 g/mol. The van der Waals surface area contributed by atoms with E-state index < -0.39 is 0 Å². The lowest BCUT2D eigenvalue weighted by Gasteiger charge is -2.04. The van der Waals surface area contributed by atoms with Crippen LogP contribution in [-0.2, 0) is 0 Å². The molecule has 0 radical (unpaired) electrons. The molecule has 0 saturated carbocycles. The molecular weight excluding hydrogens is 694 g/mol. The Kier molecular flexibility index (Phi) is 6.01. The molecule has 0 amide bonds. The summed E-state index contributed by atoms with van der Waals surface area (Å²) in [4.78, 5) is 17.5. The minimum absolute atomic E-state index is 0.919. The third kappa shape index (κ3) is 4.12. The van der Waals surface area contributed by atoms with E-state index in [0.717, 1.165) is 74.2 Å². The molecule has 38 heavy (non-hydrogen) atoms. The molecule has 0 fully saturated rings. The summed E-state index contributed by atoms with van der Waals surface area (Å²) in [5.41, 5.74) is 12.3. The Morgan fingerprint density at radius 3 is 1.26 bits per heavy atom. The van der Waals surface area contributed by atoms with Gasteiger partial charge in [-0.25, -0.2) is 9.97 Å². The standard InChI is InChI=1S/C32H20I2N4/c33-31-25-15-11-21(35-25)29(19-7-3-1-4-8-19)22-12-16-26(36-22)32(34)28-18-14-24(38-28)30(20-9-5-2-6-10-20)23-13-17-27(31)37-23/h1-18,35,37H. The van der Waals surface area contributed by atoms with Crippen LogP contribution >= 0.6 is 45.2 Å². The smallest absolute Gasteiger partial charge is 0.0793 e. The van der Waals surface area contributed by atoms with E-state index in [1.165, 1.54) is 0 Å². The molecule has 0 unspecified atom stereocenters. The first-order chi connectivity index (χ1) is 18.7. The molecule has 2 aliphatic rings. The Bertz CT molecular complexity index is 1790. The summed E-state index contributed by atoms with van der Waals surface area (Å²) in [6.45, 7) is 0. The molecule has 6 heteroatoms. The molecule has 4 nitrogen and oxygen atoms in total. The number of rotatable bonds is 2. The summed E-state index contributed by atoms with van der Waals surface area (Å²) in [6, 6.07) is 29.5. The average Bonchev–Trinajstić information content (AvgIpc) is 3.77. The molecule has 5 heterocycles. The van der Waals surface area contributed by atoms with Gasteiger partial charge in [-0.2, -0.15) is 0 Å². The zero-order valence-electron chi connectivity index (χ0n) is 20.0. The number of nitrogens with zero attached hydrogens (tertiary/aromatic N) is 2. The third-order valence-corrected chi connectivity index (χ3v) is 9.02. The van der Waals surface area contributed by atoms with E-state index in [2.05, 4.69) is 152 Å². The van der Waals surface area contributed by atoms with Crippen LogP contribution in [0.3, 0.4) is 0 Å². The van der Waals surface area contributed by atoms with Crippen molar-refractivity contribution >= 4 is 91.6 Å². The van der Waals surface area contributed by atoms with Crippen molar-refractivity contribution in [2.45, 2.75) is 0 Å². The van der Waals surface area contributed by atoms with Gasteiger partial charge in [0.05, 0.1) is 40.9 Å². The van der Waals surface area contributed by atoms with Crippen LogP contribution in [0, 0.1) is 7.14 Å². The van der Waals surface area contributed by atoms with Gasteiger partial charge in [-0.15, -0.1) is 0 Å². The molecule has 182 valence electrons. The van der Waals surface area contributed by atoms with E-state index in [1.54, 1.807) is 0 Å². The number of nitrogens with one attached hydrogen (secondary N) is 2. The highest BCUT2D eigenvalue weighted by Gasteiger charge is 2.16. The van der Waals surface area contributed by atoms with Crippen LogP contribution in [0.25, 0.3) is 68.6 Å². The van der Waals surface area contributed by atoms with Gasteiger partial charge < -0.3 is 9.97 Å². The Labute approximate surface area is 246 Å². The lowest BCUT2D eigenvalue weighted by atomic mass is 10.0. The van der Waals surface area contributed by atoms with Gasteiger partial charge in [0.1, 0.15) is 0 Å². The van der Waals surface area contributed by atoms with Crippen LogP contribution in [0.15, 0.2) is 84.9 Å². The van der Waals surface area contributed by atoms with E-state index in [9.17, 15) is 0 Å². The summed E-state index contributed by atoms with van der Waals surface area (Å²) in [6.07, 6.45) is 8.38. The maximum Gasteiger partial charge on any atom is 0.0793 e. The van der Waals surface area contributed by atoms with Crippen molar-refractivity contribution in [2.75, 3.05) is 0 Å². The number of benzene rings is 2. The number of aromatic nitrogens is 4. The highest BCUT2D eigenvalue weighted by molar-refractivity contribution is 14.1.